The van der Waals surface area contributed by atoms with Crippen LogP contribution in [-0.4, -0.2) is 30.3 Å². The summed E-state index contributed by atoms with van der Waals surface area (Å²) in [5.41, 5.74) is -0.165. The van der Waals surface area contributed by atoms with Crippen molar-refractivity contribution in [2.45, 2.75) is 32.7 Å². The van der Waals surface area contributed by atoms with Gasteiger partial charge in [0.2, 0.25) is 5.88 Å². The number of ether oxygens (including phenoxy) is 2. The maximum atomic E-state index is 5.62. The lowest BCUT2D eigenvalue weighted by molar-refractivity contribution is 0.143. The fourth-order valence-electron chi connectivity index (χ4n) is 1.75. The molecule has 0 aliphatic rings. The number of anilines is 1. The fraction of sp³-hybridized carbons (Fsp3) is 0.500. The highest BCUT2D eigenvalue weighted by Crippen LogP contribution is 2.23. The van der Waals surface area contributed by atoms with Gasteiger partial charge in [0.25, 0.3) is 0 Å². The number of nitrogens with one attached hydrogen (secondary N) is 1. The second-order valence-electron chi connectivity index (χ2n) is 5.94. The lowest BCUT2D eigenvalue weighted by Gasteiger charge is -2.19. The highest BCUT2D eigenvalue weighted by molar-refractivity contribution is 5.39. The minimum Gasteiger partial charge on any atom is -0.475 e. The van der Waals surface area contributed by atoms with Crippen molar-refractivity contribution in [2.75, 3.05) is 25.6 Å². The molecule has 1 N–H and O–H groups in total. The molecule has 0 radical (unpaired) electrons. The van der Waals surface area contributed by atoms with E-state index in [4.69, 9.17) is 13.9 Å². The van der Waals surface area contributed by atoms with Crippen molar-refractivity contribution in [1.82, 2.24) is 9.97 Å². The van der Waals surface area contributed by atoms with Crippen molar-refractivity contribution in [3.05, 3.63) is 36.0 Å². The summed E-state index contributed by atoms with van der Waals surface area (Å²) >= 11 is 0. The molecule has 0 atom stereocenters. The van der Waals surface area contributed by atoms with Gasteiger partial charge in [0.15, 0.2) is 0 Å². The van der Waals surface area contributed by atoms with Gasteiger partial charge in [0.1, 0.15) is 24.0 Å². The summed E-state index contributed by atoms with van der Waals surface area (Å²) in [5, 5.41) is 3.23. The van der Waals surface area contributed by atoms with Crippen molar-refractivity contribution in [3.63, 3.8) is 0 Å². The van der Waals surface area contributed by atoms with E-state index in [9.17, 15) is 0 Å². The van der Waals surface area contributed by atoms with Gasteiger partial charge in [-0.25, -0.2) is 4.98 Å². The van der Waals surface area contributed by atoms with E-state index in [2.05, 4.69) is 36.1 Å². The standard InChI is InChI=1S/C16H23N3O3/c1-16(2,3)15-18-13(17-11-12-6-5-7-21-12)10-14(19-15)22-9-8-20-4/h5-7,10H,8-9,11H2,1-4H3,(H,17,18,19). The molecule has 2 aromatic heterocycles. The Kier molecular flexibility index (Phi) is 5.38. The molecule has 2 aromatic rings. The summed E-state index contributed by atoms with van der Waals surface area (Å²) in [6.45, 7) is 7.73. The zero-order valence-electron chi connectivity index (χ0n) is 13.5. The molecular weight excluding hydrogens is 282 g/mol. The minimum atomic E-state index is -0.165. The molecule has 0 aliphatic carbocycles. The molecule has 0 amide bonds. The average Bonchev–Trinajstić information content (AvgIpc) is 2.98. The Morgan fingerprint density at radius 1 is 1.23 bits per heavy atom. The molecule has 0 unspecified atom stereocenters. The third kappa shape index (κ3) is 4.73. The Morgan fingerprint density at radius 2 is 2.05 bits per heavy atom. The molecule has 0 saturated carbocycles. The second-order valence-corrected chi connectivity index (χ2v) is 5.94. The number of nitrogens with zero attached hydrogens (tertiary/aromatic N) is 2. The maximum absolute atomic E-state index is 5.62. The molecule has 6 heteroatoms. The second kappa shape index (κ2) is 7.26. The predicted molar refractivity (Wildman–Crippen MR) is 84.1 cm³/mol. The maximum Gasteiger partial charge on any atom is 0.218 e. The van der Waals surface area contributed by atoms with Gasteiger partial charge in [-0.3, -0.25) is 0 Å². The number of furan rings is 1. The van der Waals surface area contributed by atoms with Gasteiger partial charge in [-0.15, -0.1) is 0 Å². The van der Waals surface area contributed by atoms with Crippen LogP contribution in [0.1, 0.15) is 32.4 Å². The van der Waals surface area contributed by atoms with Crippen LogP contribution in [0.2, 0.25) is 0 Å². The summed E-state index contributed by atoms with van der Waals surface area (Å²) in [5.74, 6) is 2.82. The van der Waals surface area contributed by atoms with Crippen molar-refractivity contribution in [1.29, 1.82) is 0 Å². The molecule has 0 aliphatic heterocycles. The van der Waals surface area contributed by atoms with Crippen LogP contribution in [0.15, 0.2) is 28.9 Å². The van der Waals surface area contributed by atoms with Gasteiger partial charge in [-0.2, -0.15) is 4.98 Å². The topological polar surface area (TPSA) is 69.4 Å². The first-order chi connectivity index (χ1) is 10.5. The van der Waals surface area contributed by atoms with Crippen LogP contribution in [0.25, 0.3) is 0 Å². The van der Waals surface area contributed by atoms with Gasteiger partial charge in [-0.1, -0.05) is 20.8 Å². The fourth-order valence-corrected chi connectivity index (χ4v) is 1.75. The van der Waals surface area contributed by atoms with Gasteiger partial charge < -0.3 is 19.2 Å². The molecular formula is C16H23N3O3. The van der Waals surface area contributed by atoms with E-state index in [-0.39, 0.29) is 5.41 Å². The van der Waals surface area contributed by atoms with E-state index in [1.165, 1.54) is 0 Å². The molecule has 0 saturated heterocycles. The van der Waals surface area contributed by atoms with Crippen LogP contribution in [0, 0.1) is 0 Å². The Morgan fingerprint density at radius 3 is 2.68 bits per heavy atom. The summed E-state index contributed by atoms with van der Waals surface area (Å²) in [4.78, 5) is 9.03. The van der Waals surface area contributed by atoms with E-state index in [1.54, 1.807) is 19.4 Å². The number of aromatic nitrogens is 2. The molecule has 0 spiro atoms. The highest BCUT2D eigenvalue weighted by Gasteiger charge is 2.19. The zero-order chi connectivity index (χ0) is 16.0. The van der Waals surface area contributed by atoms with Crippen LogP contribution < -0.4 is 10.1 Å². The zero-order valence-corrected chi connectivity index (χ0v) is 13.5. The Hall–Kier alpha value is -2.08. The van der Waals surface area contributed by atoms with Crippen molar-refractivity contribution < 1.29 is 13.9 Å². The third-order valence-electron chi connectivity index (χ3n) is 2.93. The first-order valence-corrected chi connectivity index (χ1v) is 7.26. The van der Waals surface area contributed by atoms with Gasteiger partial charge >= 0.3 is 0 Å². The smallest absolute Gasteiger partial charge is 0.218 e. The van der Waals surface area contributed by atoms with Gasteiger partial charge in [0.05, 0.1) is 19.4 Å². The van der Waals surface area contributed by atoms with E-state index in [0.717, 1.165) is 11.6 Å². The first-order valence-electron chi connectivity index (χ1n) is 7.26. The first kappa shape index (κ1) is 16.3. The summed E-state index contributed by atoms with van der Waals surface area (Å²) in [7, 11) is 1.64. The molecule has 6 nitrogen and oxygen atoms in total. The molecule has 120 valence electrons. The van der Waals surface area contributed by atoms with Gasteiger partial charge in [-0.05, 0) is 12.1 Å². The molecule has 22 heavy (non-hydrogen) atoms. The molecule has 2 rings (SSSR count). The summed E-state index contributed by atoms with van der Waals surface area (Å²) < 4.78 is 15.9. The molecule has 0 fully saturated rings. The van der Waals surface area contributed by atoms with Crippen LogP contribution in [0.4, 0.5) is 5.82 Å². The van der Waals surface area contributed by atoms with E-state index >= 15 is 0 Å². The minimum absolute atomic E-state index is 0.165. The normalized spacial score (nSPS) is 11.5. The van der Waals surface area contributed by atoms with Crippen molar-refractivity contribution in [2.24, 2.45) is 0 Å². The predicted octanol–water partition coefficient (Wildman–Crippen LogP) is 3.00. The molecule has 0 aromatic carbocycles. The SMILES string of the molecule is COCCOc1cc(NCc2ccco2)nc(C(C)(C)C)n1. The Labute approximate surface area is 130 Å². The number of hydrogen-bond donors (Lipinski definition) is 1. The highest BCUT2D eigenvalue weighted by atomic mass is 16.5. The monoisotopic (exact) mass is 305 g/mol. The van der Waals surface area contributed by atoms with Crippen LogP contribution in [-0.2, 0) is 16.7 Å². The lowest BCUT2D eigenvalue weighted by Crippen LogP contribution is -2.18. The summed E-state index contributed by atoms with van der Waals surface area (Å²) in [6, 6.07) is 5.56. The molecule has 0 bridgehead atoms. The van der Waals surface area contributed by atoms with Crippen LogP contribution >= 0.6 is 0 Å². The summed E-state index contributed by atoms with van der Waals surface area (Å²) in [6.07, 6.45) is 1.65. The van der Waals surface area contributed by atoms with E-state index in [1.807, 2.05) is 12.1 Å². The van der Waals surface area contributed by atoms with Crippen molar-refractivity contribution >= 4 is 5.82 Å². The lowest BCUT2D eigenvalue weighted by atomic mass is 9.96. The van der Waals surface area contributed by atoms with E-state index < -0.39 is 0 Å². The molecule has 2 heterocycles. The Bertz CT molecular complexity index is 577. The van der Waals surface area contributed by atoms with Crippen LogP contribution in [0.3, 0.4) is 0 Å². The number of methoxy groups -OCH3 is 1. The van der Waals surface area contributed by atoms with E-state index in [0.29, 0.717) is 31.5 Å². The average molecular weight is 305 g/mol. The number of rotatable bonds is 7. The Balaban J connectivity index is 2.14. The quantitative estimate of drug-likeness (QED) is 0.793. The number of hydrogen-bond acceptors (Lipinski definition) is 6. The van der Waals surface area contributed by atoms with Gasteiger partial charge in [0, 0.05) is 18.6 Å². The largest absolute Gasteiger partial charge is 0.475 e. The van der Waals surface area contributed by atoms with Crippen LogP contribution in [0.5, 0.6) is 5.88 Å². The van der Waals surface area contributed by atoms with Crippen molar-refractivity contribution in [3.8, 4) is 5.88 Å². The third-order valence-corrected chi connectivity index (χ3v) is 2.93.